The maximum atomic E-state index is 12.9. The zero-order valence-electron chi connectivity index (χ0n) is 14.1. The molecule has 1 fully saturated rings. The molecule has 0 radical (unpaired) electrons. The van der Waals surface area contributed by atoms with Crippen LogP contribution in [0.4, 0.5) is 4.39 Å². The summed E-state index contributed by atoms with van der Waals surface area (Å²) in [6, 6.07) is 6.90. The van der Waals surface area contributed by atoms with E-state index in [1.165, 1.54) is 11.0 Å². The van der Waals surface area contributed by atoms with Crippen LogP contribution in [-0.4, -0.2) is 30.5 Å². The molecular weight excluding hydrogens is 325 g/mol. The van der Waals surface area contributed by atoms with E-state index >= 15 is 0 Å². The highest BCUT2D eigenvalue weighted by atomic mass is 19.1. The highest BCUT2D eigenvalue weighted by molar-refractivity contribution is 5.90. The van der Waals surface area contributed by atoms with Crippen LogP contribution in [0.5, 0.6) is 5.75 Å². The molecule has 0 spiro atoms. The highest BCUT2D eigenvalue weighted by Gasteiger charge is 2.24. The van der Waals surface area contributed by atoms with Gasteiger partial charge in [0.1, 0.15) is 11.3 Å². The Bertz CT molecular complexity index is 865. The molecule has 0 bridgehead atoms. The lowest BCUT2D eigenvalue weighted by molar-refractivity contribution is -0.130. The summed E-state index contributed by atoms with van der Waals surface area (Å²) in [7, 11) is 0. The molecule has 1 saturated heterocycles. The van der Waals surface area contributed by atoms with E-state index in [9.17, 15) is 14.0 Å². The zero-order chi connectivity index (χ0) is 18.0. The molecule has 132 valence electrons. The van der Waals surface area contributed by atoms with Crippen LogP contribution in [0.3, 0.4) is 0 Å². The summed E-state index contributed by atoms with van der Waals surface area (Å²) in [6.07, 6.45) is 1.50. The van der Waals surface area contributed by atoms with E-state index in [0.717, 1.165) is 23.8 Å². The first-order valence-corrected chi connectivity index (χ1v) is 8.25. The van der Waals surface area contributed by atoms with Crippen molar-refractivity contribution in [2.24, 2.45) is 5.92 Å². The lowest BCUT2D eigenvalue weighted by atomic mass is 9.97. The summed E-state index contributed by atoms with van der Waals surface area (Å²) in [5.74, 6) is -0.615. The number of rotatable bonds is 4. The molecule has 6 heteroatoms. The minimum atomic E-state index is -0.914. The van der Waals surface area contributed by atoms with Gasteiger partial charge in [0, 0.05) is 30.6 Å². The number of aryl methyl sites for hydroxylation is 1. The van der Waals surface area contributed by atoms with Crippen LogP contribution in [-0.2, 0) is 4.79 Å². The summed E-state index contributed by atoms with van der Waals surface area (Å²) < 4.78 is 23.9. The van der Waals surface area contributed by atoms with Crippen molar-refractivity contribution >= 4 is 16.9 Å². The van der Waals surface area contributed by atoms with Crippen LogP contribution in [0, 0.1) is 12.8 Å². The van der Waals surface area contributed by atoms with E-state index < -0.39 is 11.7 Å². The highest BCUT2D eigenvalue weighted by Crippen LogP contribution is 2.24. The second-order valence-corrected chi connectivity index (χ2v) is 6.36. The fourth-order valence-corrected chi connectivity index (χ4v) is 3.08. The fourth-order valence-electron chi connectivity index (χ4n) is 3.08. The Morgan fingerprint density at radius 1 is 1.36 bits per heavy atom. The van der Waals surface area contributed by atoms with Gasteiger partial charge in [-0.15, -0.1) is 0 Å². The molecule has 0 saturated carbocycles. The average Bonchev–Trinajstić information content (AvgIpc) is 2.59. The molecule has 0 N–H and O–H groups in total. The first-order valence-electron chi connectivity index (χ1n) is 8.25. The number of amides is 1. The molecule has 1 aromatic heterocycles. The number of nitrogens with zero attached hydrogens (tertiary/aromatic N) is 1. The third-order valence-electron chi connectivity index (χ3n) is 4.54. The van der Waals surface area contributed by atoms with Gasteiger partial charge in [-0.25, -0.2) is 9.18 Å². The molecule has 2 aromatic rings. The molecule has 1 aliphatic rings. The van der Waals surface area contributed by atoms with Gasteiger partial charge in [0.15, 0.2) is 5.83 Å². The van der Waals surface area contributed by atoms with Crippen molar-refractivity contribution < 1.29 is 18.3 Å². The number of hydrogen-bond acceptors (Lipinski definition) is 4. The van der Waals surface area contributed by atoms with Crippen molar-refractivity contribution in [2.75, 3.05) is 19.7 Å². The molecule has 5 nitrogen and oxygen atoms in total. The number of piperidine rings is 1. The van der Waals surface area contributed by atoms with E-state index in [4.69, 9.17) is 9.15 Å². The van der Waals surface area contributed by atoms with Gasteiger partial charge in [0.05, 0.1) is 6.61 Å². The standard InChI is InChI=1S/C19H20FNO4/c1-12-9-18(22)25-17-10-15(3-4-16(12)17)24-11-14-5-7-21(8-6-14)19(23)13(2)20/h3-4,9-10,14H,2,5-8,11H2,1H3. The topological polar surface area (TPSA) is 59.8 Å². The van der Waals surface area contributed by atoms with Gasteiger partial charge in [-0.05, 0) is 43.4 Å². The van der Waals surface area contributed by atoms with Gasteiger partial charge in [0.2, 0.25) is 0 Å². The van der Waals surface area contributed by atoms with E-state index in [0.29, 0.717) is 31.0 Å². The van der Waals surface area contributed by atoms with Crippen molar-refractivity contribution in [3.05, 3.63) is 52.7 Å². The lowest BCUT2D eigenvalue weighted by Crippen LogP contribution is -2.39. The molecule has 1 aliphatic heterocycles. The van der Waals surface area contributed by atoms with Crippen LogP contribution in [0.1, 0.15) is 18.4 Å². The van der Waals surface area contributed by atoms with Crippen molar-refractivity contribution in [2.45, 2.75) is 19.8 Å². The predicted octanol–water partition coefficient (Wildman–Crippen LogP) is 3.20. The number of halogens is 1. The number of benzene rings is 1. The molecule has 0 unspecified atom stereocenters. The quantitative estimate of drug-likeness (QED) is 0.631. The summed E-state index contributed by atoms with van der Waals surface area (Å²) in [5.41, 5.74) is 0.988. The van der Waals surface area contributed by atoms with Crippen molar-refractivity contribution in [3.63, 3.8) is 0 Å². The Labute approximate surface area is 144 Å². The summed E-state index contributed by atoms with van der Waals surface area (Å²) in [6.45, 7) is 6.41. The average molecular weight is 345 g/mol. The molecule has 2 heterocycles. The van der Waals surface area contributed by atoms with Crippen molar-refractivity contribution in [1.82, 2.24) is 4.90 Å². The van der Waals surface area contributed by atoms with Crippen LogP contribution >= 0.6 is 0 Å². The Morgan fingerprint density at radius 2 is 2.08 bits per heavy atom. The second-order valence-electron chi connectivity index (χ2n) is 6.36. The van der Waals surface area contributed by atoms with Gasteiger partial charge in [-0.2, -0.15) is 0 Å². The van der Waals surface area contributed by atoms with Gasteiger partial charge in [-0.1, -0.05) is 6.58 Å². The Kier molecular flexibility index (Phi) is 4.88. The molecule has 0 aliphatic carbocycles. The minimum Gasteiger partial charge on any atom is -0.493 e. The van der Waals surface area contributed by atoms with Gasteiger partial charge in [0.25, 0.3) is 5.91 Å². The minimum absolute atomic E-state index is 0.289. The molecular formula is C19H20FNO4. The normalized spacial score (nSPS) is 15.4. The lowest BCUT2D eigenvalue weighted by Gasteiger charge is -2.31. The van der Waals surface area contributed by atoms with Crippen LogP contribution in [0.15, 0.2) is 45.9 Å². The van der Waals surface area contributed by atoms with Gasteiger partial charge < -0.3 is 14.1 Å². The third kappa shape index (κ3) is 3.90. The molecule has 0 atom stereocenters. The fraction of sp³-hybridized carbons (Fsp3) is 0.368. The second kappa shape index (κ2) is 7.09. The maximum absolute atomic E-state index is 12.9. The molecule has 1 aromatic carbocycles. The van der Waals surface area contributed by atoms with Crippen LogP contribution < -0.4 is 10.4 Å². The third-order valence-corrected chi connectivity index (χ3v) is 4.54. The SMILES string of the molecule is C=C(F)C(=O)N1CCC(COc2ccc3c(C)cc(=O)oc3c2)CC1. The Balaban J connectivity index is 1.59. The Hall–Kier alpha value is -2.63. The molecule has 1 amide bonds. The maximum Gasteiger partial charge on any atom is 0.336 e. The number of fused-ring (bicyclic) bond motifs is 1. The zero-order valence-corrected chi connectivity index (χ0v) is 14.1. The number of carbonyl (C=O) groups excluding carboxylic acids is 1. The summed E-state index contributed by atoms with van der Waals surface area (Å²) >= 11 is 0. The van der Waals surface area contributed by atoms with Crippen molar-refractivity contribution in [1.29, 1.82) is 0 Å². The van der Waals surface area contributed by atoms with Crippen LogP contribution in [0.25, 0.3) is 11.0 Å². The van der Waals surface area contributed by atoms with E-state index in [2.05, 4.69) is 6.58 Å². The van der Waals surface area contributed by atoms with E-state index in [-0.39, 0.29) is 11.5 Å². The summed E-state index contributed by atoms with van der Waals surface area (Å²) in [5, 5.41) is 0.880. The summed E-state index contributed by atoms with van der Waals surface area (Å²) in [4.78, 5) is 24.5. The van der Waals surface area contributed by atoms with Gasteiger partial charge in [-0.3, -0.25) is 4.79 Å². The predicted molar refractivity (Wildman–Crippen MR) is 92.3 cm³/mol. The smallest absolute Gasteiger partial charge is 0.336 e. The van der Waals surface area contributed by atoms with E-state index in [1.54, 1.807) is 6.07 Å². The monoisotopic (exact) mass is 345 g/mol. The molecule has 25 heavy (non-hydrogen) atoms. The van der Waals surface area contributed by atoms with Gasteiger partial charge >= 0.3 is 5.63 Å². The van der Waals surface area contributed by atoms with Crippen molar-refractivity contribution in [3.8, 4) is 5.75 Å². The number of ether oxygens (including phenoxy) is 1. The number of likely N-dealkylation sites (tertiary alicyclic amines) is 1. The van der Waals surface area contributed by atoms with Crippen LogP contribution in [0.2, 0.25) is 0 Å². The Morgan fingerprint density at radius 3 is 2.76 bits per heavy atom. The largest absolute Gasteiger partial charge is 0.493 e. The molecule has 3 rings (SSSR count). The first-order chi connectivity index (χ1) is 11.9. The number of hydrogen-bond donors (Lipinski definition) is 0. The first kappa shape index (κ1) is 17.2. The van der Waals surface area contributed by atoms with E-state index in [1.807, 2.05) is 19.1 Å². The number of carbonyl (C=O) groups is 1.